The Morgan fingerprint density at radius 1 is 1.05 bits per heavy atom. The highest BCUT2D eigenvalue weighted by molar-refractivity contribution is 6.31. The van der Waals surface area contributed by atoms with E-state index in [2.05, 4.69) is 10.1 Å². The van der Waals surface area contributed by atoms with Crippen molar-refractivity contribution in [2.45, 2.75) is 44.6 Å². The molecule has 0 fully saturated rings. The molecule has 1 aliphatic heterocycles. The smallest absolute Gasteiger partial charge is 0.387 e. The van der Waals surface area contributed by atoms with E-state index >= 15 is 0 Å². The number of esters is 1. The van der Waals surface area contributed by atoms with Gasteiger partial charge in [0.05, 0.1) is 25.0 Å². The maximum absolute atomic E-state index is 13.5. The van der Waals surface area contributed by atoms with Crippen molar-refractivity contribution in [3.63, 3.8) is 0 Å². The fraction of sp³-hybridized carbons (Fsp3) is 0.242. The van der Waals surface area contributed by atoms with E-state index in [-0.39, 0.29) is 35.5 Å². The lowest BCUT2D eigenvalue weighted by atomic mass is 9.87. The summed E-state index contributed by atoms with van der Waals surface area (Å²) in [5.74, 6) is -0.907. The van der Waals surface area contributed by atoms with Crippen molar-refractivity contribution in [2.24, 2.45) is 0 Å². The van der Waals surface area contributed by atoms with Gasteiger partial charge in [0.1, 0.15) is 5.75 Å². The van der Waals surface area contributed by atoms with Gasteiger partial charge in [-0.1, -0.05) is 54.4 Å². The van der Waals surface area contributed by atoms with Crippen LogP contribution in [0.25, 0.3) is 22.3 Å². The lowest BCUT2D eigenvalue weighted by Gasteiger charge is -2.20. The summed E-state index contributed by atoms with van der Waals surface area (Å²) in [6, 6.07) is 20.9. The van der Waals surface area contributed by atoms with E-state index in [1.165, 1.54) is 31.5 Å². The van der Waals surface area contributed by atoms with E-state index in [4.69, 9.17) is 16.3 Å². The van der Waals surface area contributed by atoms with Crippen LogP contribution in [0, 0.1) is 5.21 Å². The highest BCUT2D eigenvalue weighted by Crippen LogP contribution is 2.37. The Kier molecular flexibility index (Phi) is 9.21. The summed E-state index contributed by atoms with van der Waals surface area (Å²) in [5.41, 5.74) is 4.97. The second-order valence-electron chi connectivity index (χ2n) is 10.3. The first-order valence-electron chi connectivity index (χ1n) is 13.8. The zero-order valence-corrected chi connectivity index (χ0v) is 24.1. The minimum atomic E-state index is -3.03. The number of hydrogen-bond acceptors (Lipinski definition) is 5. The monoisotopic (exact) mass is 606 g/mol. The van der Waals surface area contributed by atoms with Crippen LogP contribution in [0.4, 0.5) is 14.5 Å². The molecule has 3 aromatic carbocycles. The average molecular weight is 607 g/mol. The number of amides is 1. The number of aromatic nitrogens is 1. The molecule has 5 rings (SSSR count). The van der Waals surface area contributed by atoms with Crippen molar-refractivity contribution < 1.29 is 32.6 Å². The van der Waals surface area contributed by atoms with Gasteiger partial charge in [-0.2, -0.15) is 13.5 Å². The van der Waals surface area contributed by atoms with Crippen molar-refractivity contribution in [1.29, 1.82) is 0 Å². The number of ether oxygens (including phenoxy) is 2. The van der Waals surface area contributed by atoms with Gasteiger partial charge in [0.2, 0.25) is 5.91 Å². The van der Waals surface area contributed by atoms with Crippen LogP contribution >= 0.6 is 11.6 Å². The van der Waals surface area contributed by atoms with Gasteiger partial charge in [-0.3, -0.25) is 9.59 Å². The molecule has 0 radical (unpaired) electrons. The van der Waals surface area contributed by atoms with E-state index in [0.29, 0.717) is 53.2 Å². The van der Waals surface area contributed by atoms with Crippen LogP contribution in [0.5, 0.6) is 5.75 Å². The van der Waals surface area contributed by atoms with Gasteiger partial charge >= 0.3 is 12.6 Å². The van der Waals surface area contributed by atoms with Crippen LogP contribution in [0.2, 0.25) is 5.02 Å². The number of carbonyl (C=O) groups is 2. The molecule has 1 N–H and O–H groups in total. The molecule has 1 atom stereocenters. The topological polar surface area (TPSA) is 91.6 Å². The second kappa shape index (κ2) is 13.2. The number of hydrogen-bond donors (Lipinski definition) is 1. The number of methoxy groups -OCH3 is 1. The predicted molar refractivity (Wildman–Crippen MR) is 159 cm³/mol. The van der Waals surface area contributed by atoms with Crippen molar-refractivity contribution in [2.75, 3.05) is 12.4 Å². The minimum Gasteiger partial charge on any atom is -0.618 e. The Hall–Kier alpha value is -4.50. The summed E-state index contributed by atoms with van der Waals surface area (Å²) >= 11 is 6.13. The molecule has 0 spiro atoms. The summed E-state index contributed by atoms with van der Waals surface area (Å²) in [4.78, 5) is 24.7. The van der Waals surface area contributed by atoms with Crippen molar-refractivity contribution in [3.05, 3.63) is 106 Å². The highest BCUT2D eigenvalue weighted by atomic mass is 35.5. The summed E-state index contributed by atoms with van der Waals surface area (Å²) in [5, 5.41) is 16.8. The number of halogens is 3. The molecule has 43 heavy (non-hydrogen) atoms. The number of nitrogens with one attached hydrogen (secondary N) is 1. The van der Waals surface area contributed by atoms with E-state index < -0.39 is 6.61 Å². The fourth-order valence-electron chi connectivity index (χ4n) is 5.40. The van der Waals surface area contributed by atoms with Gasteiger partial charge in [-0.05, 0) is 59.9 Å². The summed E-state index contributed by atoms with van der Waals surface area (Å²) in [7, 11) is 1.33. The molecule has 2 heterocycles. The summed E-state index contributed by atoms with van der Waals surface area (Å²) < 4.78 is 36.3. The van der Waals surface area contributed by atoms with Crippen LogP contribution < -0.4 is 14.8 Å². The first-order chi connectivity index (χ1) is 20.7. The van der Waals surface area contributed by atoms with E-state index in [1.54, 1.807) is 18.2 Å². The van der Waals surface area contributed by atoms with Gasteiger partial charge < -0.3 is 20.0 Å². The number of anilines is 1. The number of pyridine rings is 1. The summed E-state index contributed by atoms with van der Waals surface area (Å²) in [6.45, 7) is -3.03. The second-order valence-corrected chi connectivity index (χ2v) is 10.7. The first-order valence-corrected chi connectivity index (χ1v) is 14.2. The Balaban J connectivity index is 1.55. The number of benzene rings is 3. The Bertz CT molecular complexity index is 1660. The molecular weight excluding hydrogens is 578 g/mol. The van der Waals surface area contributed by atoms with Crippen molar-refractivity contribution in [3.8, 4) is 28.0 Å². The Morgan fingerprint density at radius 3 is 2.65 bits per heavy atom. The van der Waals surface area contributed by atoms with Crippen LogP contribution in [0.1, 0.15) is 48.4 Å². The normalized spacial score (nSPS) is 15.1. The maximum atomic E-state index is 13.5. The minimum absolute atomic E-state index is 0.0756. The molecular formula is C33H29ClF2N2O5. The quantitative estimate of drug-likeness (QED) is 0.142. The molecule has 1 aliphatic rings. The van der Waals surface area contributed by atoms with Crippen molar-refractivity contribution in [1.82, 2.24) is 0 Å². The third kappa shape index (κ3) is 7.11. The zero-order valence-electron chi connectivity index (χ0n) is 23.3. The van der Waals surface area contributed by atoms with Crippen LogP contribution in [-0.4, -0.2) is 25.6 Å². The molecule has 0 unspecified atom stereocenters. The third-order valence-electron chi connectivity index (χ3n) is 7.45. The molecule has 0 aliphatic carbocycles. The Morgan fingerprint density at radius 2 is 1.88 bits per heavy atom. The molecule has 4 aromatic rings. The van der Waals surface area contributed by atoms with Gasteiger partial charge in [0.15, 0.2) is 11.9 Å². The highest BCUT2D eigenvalue weighted by Gasteiger charge is 2.25. The molecule has 0 saturated carbocycles. The number of fused-ring (bicyclic) bond motifs is 4. The SMILES string of the molecule is COC(=O)Cc1ccc2c(c1)NC(=O)CCCC[C@H](c1ccc(-c3cc(Cl)ccc3OC(F)F)c[n+]1[O-])c1cccc-2c1. The average Bonchev–Trinajstić information content (AvgIpc) is 2.98. The van der Waals surface area contributed by atoms with Crippen molar-refractivity contribution >= 4 is 29.2 Å². The van der Waals surface area contributed by atoms with Crippen LogP contribution in [0.3, 0.4) is 0 Å². The maximum Gasteiger partial charge on any atom is 0.387 e. The number of carbonyl (C=O) groups excluding carboxylic acids is 2. The number of alkyl halides is 2. The number of nitrogens with zero attached hydrogens (tertiary/aromatic N) is 1. The van der Waals surface area contributed by atoms with Gasteiger partial charge in [-0.25, -0.2) is 0 Å². The van der Waals surface area contributed by atoms with E-state index in [1.807, 2.05) is 36.4 Å². The number of rotatable bonds is 6. The molecule has 7 nitrogen and oxygen atoms in total. The zero-order chi connectivity index (χ0) is 30.5. The van der Waals surface area contributed by atoms with E-state index in [9.17, 15) is 23.6 Å². The third-order valence-corrected chi connectivity index (χ3v) is 7.69. The van der Waals surface area contributed by atoms with Crippen LogP contribution in [0.15, 0.2) is 79.0 Å². The lowest BCUT2D eigenvalue weighted by molar-refractivity contribution is -0.614. The standard InChI is InChI=1S/C33H29ClF2N2O5/c1-42-32(40)16-20-9-12-25-21-5-4-6-22(17-21)26(7-2-3-8-31(39)37-28(25)15-20)29-13-10-23(19-38(29)41)27-18-24(34)11-14-30(27)43-33(35)36/h4-6,9-15,17-19,26,33H,2-3,7-8,16H2,1H3,(H,37,39)/t26-/m0/s1. The first kappa shape index (κ1) is 30.0. The van der Waals surface area contributed by atoms with Crippen LogP contribution in [-0.2, 0) is 20.7 Å². The molecule has 1 amide bonds. The van der Waals surface area contributed by atoms with Gasteiger partial charge in [0.25, 0.3) is 0 Å². The molecule has 1 aromatic heterocycles. The Labute approximate surface area is 252 Å². The molecule has 222 valence electrons. The van der Waals surface area contributed by atoms with E-state index in [0.717, 1.165) is 21.4 Å². The van der Waals surface area contributed by atoms with Gasteiger partial charge in [-0.15, -0.1) is 0 Å². The molecule has 0 saturated heterocycles. The predicted octanol–water partition coefficient (Wildman–Crippen LogP) is 7.27. The molecule has 2 bridgehead atoms. The largest absolute Gasteiger partial charge is 0.618 e. The fourth-order valence-corrected chi connectivity index (χ4v) is 5.57. The van der Waals surface area contributed by atoms with Gasteiger partial charge in [0, 0.05) is 34.3 Å². The molecule has 10 heteroatoms. The lowest BCUT2D eigenvalue weighted by Crippen LogP contribution is -2.33. The summed E-state index contributed by atoms with van der Waals surface area (Å²) in [6.07, 6.45) is 3.60.